The number of carbonyl (C=O) groups excluding carboxylic acids is 1. The zero-order valence-corrected chi connectivity index (χ0v) is 9.44. The summed E-state index contributed by atoms with van der Waals surface area (Å²) >= 11 is 0. The first-order valence-corrected chi connectivity index (χ1v) is 5.56. The first-order valence-electron chi connectivity index (χ1n) is 5.56. The molecule has 0 bridgehead atoms. The van der Waals surface area contributed by atoms with Gasteiger partial charge in [0.25, 0.3) is 0 Å². The number of nitrogens with one attached hydrogen (secondary N) is 2. The lowest BCUT2D eigenvalue weighted by Gasteiger charge is -2.14. The number of nitriles is 1. The maximum absolute atomic E-state index is 11.3. The van der Waals surface area contributed by atoms with Crippen LogP contribution in [0.2, 0.25) is 0 Å². The van der Waals surface area contributed by atoms with Gasteiger partial charge in [-0.25, -0.2) is 4.79 Å². The van der Waals surface area contributed by atoms with E-state index in [4.69, 9.17) is 5.26 Å². The average Bonchev–Trinajstić information content (AvgIpc) is 2.76. The van der Waals surface area contributed by atoms with Crippen LogP contribution in [0.1, 0.15) is 5.56 Å². The van der Waals surface area contributed by atoms with Crippen molar-refractivity contribution < 1.29 is 4.79 Å². The van der Waals surface area contributed by atoms with Crippen molar-refractivity contribution in [2.45, 2.75) is 0 Å². The number of anilines is 1. The van der Waals surface area contributed by atoms with Crippen LogP contribution in [-0.4, -0.2) is 37.1 Å². The van der Waals surface area contributed by atoms with E-state index < -0.39 is 0 Å². The van der Waals surface area contributed by atoms with Crippen LogP contribution in [0.25, 0.3) is 0 Å². The highest BCUT2D eigenvalue weighted by Gasteiger charge is 2.18. The number of amides is 2. The summed E-state index contributed by atoms with van der Waals surface area (Å²) in [6.45, 7) is 2.84. The first-order chi connectivity index (χ1) is 8.29. The van der Waals surface area contributed by atoms with Crippen LogP contribution in [0.4, 0.5) is 10.5 Å². The molecule has 0 atom stereocenters. The van der Waals surface area contributed by atoms with Gasteiger partial charge in [0.15, 0.2) is 0 Å². The molecule has 1 aromatic rings. The molecule has 17 heavy (non-hydrogen) atoms. The monoisotopic (exact) mass is 230 g/mol. The first kappa shape index (κ1) is 11.3. The predicted octanol–water partition coefficient (Wildman–Crippen LogP) is 0.995. The van der Waals surface area contributed by atoms with Gasteiger partial charge in [0, 0.05) is 31.9 Å². The number of rotatable bonds is 4. The predicted molar refractivity (Wildman–Crippen MR) is 64.6 cm³/mol. The second kappa shape index (κ2) is 5.21. The minimum absolute atomic E-state index is 0.00224. The highest BCUT2D eigenvalue weighted by atomic mass is 16.2. The molecule has 88 valence electrons. The summed E-state index contributed by atoms with van der Waals surface area (Å²) in [5.41, 5.74) is 1.54. The summed E-state index contributed by atoms with van der Waals surface area (Å²) in [7, 11) is 0. The fraction of sp³-hybridized carbons (Fsp3) is 0.333. The van der Waals surface area contributed by atoms with Gasteiger partial charge in [-0.2, -0.15) is 5.26 Å². The van der Waals surface area contributed by atoms with Crippen LogP contribution in [0.5, 0.6) is 0 Å². The van der Waals surface area contributed by atoms with E-state index in [2.05, 4.69) is 16.7 Å². The lowest BCUT2D eigenvalue weighted by molar-refractivity contribution is 0.219. The molecule has 1 fully saturated rings. The fourth-order valence-corrected chi connectivity index (χ4v) is 1.76. The molecular weight excluding hydrogens is 216 g/mol. The summed E-state index contributed by atoms with van der Waals surface area (Å²) in [6, 6.07) is 9.39. The van der Waals surface area contributed by atoms with Crippen molar-refractivity contribution in [2.75, 3.05) is 31.5 Å². The molecule has 0 unspecified atom stereocenters. The summed E-state index contributed by atoms with van der Waals surface area (Å²) in [5.74, 6) is 0. The van der Waals surface area contributed by atoms with E-state index in [1.165, 1.54) is 0 Å². The van der Waals surface area contributed by atoms with E-state index in [1.54, 1.807) is 17.0 Å². The average molecular weight is 230 g/mol. The van der Waals surface area contributed by atoms with E-state index in [9.17, 15) is 4.79 Å². The van der Waals surface area contributed by atoms with Gasteiger partial charge >= 0.3 is 6.03 Å². The Morgan fingerprint density at radius 2 is 2.41 bits per heavy atom. The van der Waals surface area contributed by atoms with Gasteiger partial charge in [-0.15, -0.1) is 0 Å². The van der Waals surface area contributed by atoms with E-state index >= 15 is 0 Å². The fourth-order valence-electron chi connectivity index (χ4n) is 1.76. The number of urea groups is 1. The van der Waals surface area contributed by atoms with Gasteiger partial charge in [-0.1, -0.05) is 6.07 Å². The Morgan fingerprint density at radius 3 is 3.12 bits per heavy atom. The molecule has 5 nitrogen and oxygen atoms in total. The summed E-state index contributed by atoms with van der Waals surface area (Å²) < 4.78 is 0. The lowest BCUT2D eigenvalue weighted by atomic mass is 10.2. The maximum atomic E-state index is 11.3. The van der Waals surface area contributed by atoms with E-state index in [-0.39, 0.29) is 6.03 Å². The maximum Gasteiger partial charge on any atom is 0.317 e. The molecule has 1 aliphatic rings. The largest absolute Gasteiger partial charge is 0.383 e. The number of hydrogen-bond donors (Lipinski definition) is 2. The smallest absolute Gasteiger partial charge is 0.317 e. The molecule has 0 aromatic heterocycles. The summed E-state index contributed by atoms with van der Waals surface area (Å²) in [5, 5.41) is 14.7. The van der Waals surface area contributed by atoms with Crippen molar-refractivity contribution in [3.05, 3.63) is 29.8 Å². The van der Waals surface area contributed by atoms with Crippen LogP contribution >= 0.6 is 0 Å². The molecule has 5 heteroatoms. The van der Waals surface area contributed by atoms with E-state index in [0.717, 1.165) is 18.8 Å². The zero-order chi connectivity index (χ0) is 12.1. The molecule has 1 saturated heterocycles. The normalized spacial score (nSPS) is 14.3. The Balaban J connectivity index is 1.82. The highest BCUT2D eigenvalue weighted by molar-refractivity contribution is 5.76. The van der Waals surface area contributed by atoms with Crippen molar-refractivity contribution in [3.8, 4) is 6.07 Å². The van der Waals surface area contributed by atoms with Crippen molar-refractivity contribution in [2.24, 2.45) is 0 Å². The summed E-state index contributed by atoms with van der Waals surface area (Å²) in [6.07, 6.45) is 0. The Morgan fingerprint density at radius 1 is 1.53 bits per heavy atom. The van der Waals surface area contributed by atoms with Crippen LogP contribution in [0.15, 0.2) is 24.3 Å². The minimum Gasteiger partial charge on any atom is -0.383 e. The number of carbonyl (C=O) groups is 1. The third kappa shape index (κ3) is 2.88. The second-order valence-corrected chi connectivity index (χ2v) is 3.84. The molecule has 2 amide bonds. The molecule has 1 heterocycles. The SMILES string of the molecule is N#Cc1cccc(NCCN2CCNC2=O)c1. The van der Waals surface area contributed by atoms with Gasteiger partial charge in [-0.05, 0) is 18.2 Å². The van der Waals surface area contributed by atoms with Gasteiger partial charge in [0.2, 0.25) is 0 Å². The Kier molecular flexibility index (Phi) is 3.46. The van der Waals surface area contributed by atoms with E-state index in [0.29, 0.717) is 18.7 Å². The summed E-state index contributed by atoms with van der Waals surface area (Å²) in [4.78, 5) is 13.0. The second-order valence-electron chi connectivity index (χ2n) is 3.84. The topological polar surface area (TPSA) is 68.2 Å². The Labute approximate surface area is 100 Å². The standard InChI is InChI=1S/C12H14N4O/c13-9-10-2-1-3-11(8-10)14-4-6-16-7-5-15-12(16)17/h1-3,8,14H,4-7H2,(H,15,17). The molecule has 0 saturated carbocycles. The van der Waals surface area contributed by atoms with Gasteiger partial charge in [-0.3, -0.25) is 0 Å². The quantitative estimate of drug-likeness (QED) is 0.810. The molecule has 2 N–H and O–H groups in total. The molecule has 0 spiro atoms. The lowest BCUT2D eigenvalue weighted by Crippen LogP contribution is -2.32. The number of nitrogens with zero attached hydrogens (tertiary/aromatic N) is 2. The van der Waals surface area contributed by atoms with Gasteiger partial charge in [0.05, 0.1) is 11.6 Å². The van der Waals surface area contributed by atoms with Crippen LogP contribution in [0, 0.1) is 11.3 Å². The molecule has 2 rings (SSSR count). The minimum atomic E-state index is -0.00224. The molecule has 1 aliphatic heterocycles. The third-order valence-corrected chi connectivity index (χ3v) is 2.65. The van der Waals surface area contributed by atoms with Gasteiger partial charge < -0.3 is 15.5 Å². The molecule has 0 aliphatic carbocycles. The van der Waals surface area contributed by atoms with Crippen LogP contribution in [0.3, 0.4) is 0 Å². The van der Waals surface area contributed by atoms with Crippen molar-refractivity contribution in [3.63, 3.8) is 0 Å². The van der Waals surface area contributed by atoms with Gasteiger partial charge in [0.1, 0.15) is 0 Å². The Hall–Kier alpha value is -2.22. The van der Waals surface area contributed by atoms with Crippen molar-refractivity contribution in [1.29, 1.82) is 5.26 Å². The van der Waals surface area contributed by atoms with Crippen molar-refractivity contribution >= 4 is 11.7 Å². The third-order valence-electron chi connectivity index (χ3n) is 2.65. The molecule has 1 aromatic carbocycles. The highest BCUT2D eigenvalue weighted by Crippen LogP contribution is 2.09. The number of hydrogen-bond acceptors (Lipinski definition) is 3. The molecular formula is C12H14N4O. The van der Waals surface area contributed by atoms with Crippen LogP contribution in [-0.2, 0) is 0 Å². The molecule has 0 radical (unpaired) electrons. The van der Waals surface area contributed by atoms with Crippen molar-refractivity contribution in [1.82, 2.24) is 10.2 Å². The van der Waals surface area contributed by atoms with Crippen LogP contribution < -0.4 is 10.6 Å². The zero-order valence-electron chi connectivity index (χ0n) is 9.44. The number of benzene rings is 1. The van der Waals surface area contributed by atoms with E-state index in [1.807, 2.05) is 12.1 Å². The Bertz CT molecular complexity index is 452.